The molecule has 3 N–H and O–H groups in total. The lowest BCUT2D eigenvalue weighted by atomic mass is 10.2. The predicted octanol–water partition coefficient (Wildman–Crippen LogP) is 0.844. The van der Waals surface area contributed by atoms with E-state index in [0.717, 1.165) is 10.0 Å². The Morgan fingerprint density at radius 3 is 2.37 bits per heavy atom. The van der Waals surface area contributed by atoms with Crippen LogP contribution in [0.1, 0.15) is 5.56 Å². The fourth-order valence-electron chi connectivity index (χ4n) is 1.47. The summed E-state index contributed by atoms with van der Waals surface area (Å²) in [4.78, 5) is 0. The zero-order valence-corrected chi connectivity index (χ0v) is 13.2. The van der Waals surface area contributed by atoms with Crippen molar-refractivity contribution in [1.29, 1.82) is 0 Å². The molecular formula is C11H17BrN2O4S. The maximum absolute atomic E-state index is 10.8. The monoisotopic (exact) mass is 352 g/mol. The minimum absolute atomic E-state index is 0.0993. The van der Waals surface area contributed by atoms with Gasteiger partial charge in [-0.1, -0.05) is 15.9 Å². The molecule has 0 aliphatic carbocycles. The number of hydrogen-bond acceptors (Lipinski definition) is 5. The van der Waals surface area contributed by atoms with Crippen LogP contribution in [-0.4, -0.2) is 34.9 Å². The van der Waals surface area contributed by atoms with Gasteiger partial charge in [0, 0.05) is 17.6 Å². The van der Waals surface area contributed by atoms with Crippen molar-refractivity contribution in [3.05, 3.63) is 22.2 Å². The summed E-state index contributed by atoms with van der Waals surface area (Å²) in [5.74, 6) is 1.15. The van der Waals surface area contributed by atoms with E-state index in [1.54, 1.807) is 20.3 Å². The molecule has 1 aromatic rings. The highest BCUT2D eigenvalue weighted by molar-refractivity contribution is 9.10. The van der Waals surface area contributed by atoms with Gasteiger partial charge in [0.25, 0.3) is 0 Å². The van der Waals surface area contributed by atoms with E-state index in [1.807, 2.05) is 6.07 Å². The van der Waals surface area contributed by atoms with E-state index < -0.39 is 10.0 Å². The van der Waals surface area contributed by atoms with Crippen LogP contribution in [0.2, 0.25) is 0 Å². The quantitative estimate of drug-likeness (QED) is 0.709. The molecule has 6 nitrogen and oxygen atoms in total. The molecule has 0 fully saturated rings. The summed E-state index contributed by atoms with van der Waals surface area (Å²) in [5, 5.41) is 7.92. The van der Waals surface area contributed by atoms with Crippen molar-refractivity contribution >= 4 is 26.0 Å². The van der Waals surface area contributed by atoms with Gasteiger partial charge in [0.15, 0.2) is 11.5 Å². The summed E-state index contributed by atoms with van der Waals surface area (Å²) in [6.07, 6.45) is 0. The molecule has 0 amide bonds. The lowest BCUT2D eigenvalue weighted by Crippen LogP contribution is -2.26. The third-order valence-corrected chi connectivity index (χ3v) is 3.94. The third kappa shape index (κ3) is 5.35. The normalized spacial score (nSPS) is 11.4. The summed E-state index contributed by atoms with van der Waals surface area (Å²) >= 11 is 3.42. The smallest absolute Gasteiger partial charge is 0.210 e. The van der Waals surface area contributed by atoms with Gasteiger partial charge < -0.3 is 14.8 Å². The lowest BCUT2D eigenvalue weighted by molar-refractivity contribution is 0.354. The minimum Gasteiger partial charge on any atom is -0.493 e. The zero-order valence-electron chi connectivity index (χ0n) is 10.8. The molecule has 0 radical (unpaired) electrons. The Bertz CT molecular complexity index is 534. The number of benzene rings is 1. The lowest BCUT2D eigenvalue weighted by Gasteiger charge is -2.12. The molecule has 108 valence electrons. The first-order valence-electron chi connectivity index (χ1n) is 5.49. The number of rotatable bonds is 7. The molecule has 0 heterocycles. The van der Waals surface area contributed by atoms with Gasteiger partial charge in [-0.05, 0) is 17.7 Å². The molecule has 0 saturated carbocycles. The maximum Gasteiger partial charge on any atom is 0.210 e. The van der Waals surface area contributed by atoms with Crippen LogP contribution in [0, 0.1) is 0 Å². The molecule has 0 aliphatic rings. The summed E-state index contributed by atoms with van der Waals surface area (Å²) in [6.45, 7) is 0.788. The minimum atomic E-state index is -3.43. The van der Waals surface area contributed by atoms with Crippen molar-refractivity contribution in [2.45, 2.75) is 6.54 Å². The van der Waals surface area contributed by atoms with E-state index in [9.17, 15) is 8.42 Å². The fraction of sp³-hybridized carbons (Fsp3) is 0.455. The highest BCUT2D eigenvalue weighted by atomic mass is 79.9. The topological polar surface area (TPSA) is 90.6 Å². The van der Waals surface area contributed by atoms with Crippen molar-refractivity contribution in [2.75, 3.05) is 26.5 Å². The summed E-state index contributed by atoms with van der Waals surface area (Å²) in [7, 11) is -0.308. The molecule has 1 rings (SSSR count). The Balaban J connectivity index is 2.68. The van der Waals surface area contributed by atoms with Crippen LogP contribution < -0.4 is 19.9 Å². The van der Waals surface area contributed by atoms with E-state index in [1.165, 1.54) is 0 Å². The van der Waals surface area contributed by atoms with Gasteiger partial charge >= 0.3 is 0 Å². The van der Waals surface area contributed by atoms with E-state index in [-0.39, 0.29) is 5.75 Å². The van der Waals surface area contributed by atoms with Crippen LogP contribution in [-0.2, 0) is 16.6 Å². The fourth-order valence-corrected chi connectivity index (χ4v) is 2.36. The van der Waals surface area contributed by atoms with E-state index >= 15 is 0 Å². The molecular weight excluding hydrogens is 336 g/mol. The Morgan fingerprint density at radius 1 is 1.26 bits per heavy atom. The van der Waals surface area contributed by atoms with Gasteiger partial charge in [-0.15, -0.1) is 0 Å². The van der Waals surface area contributed by atoms with Crippen LogP contribution in [0.5, 0.6) is 11.5 Å². The number of hydrogen-bond donors (Lipinski definition) is 2. The molecule has 0 aliphatic heterocycles. The molecule has 0 aromatic heterocycles. The van der Waals surface area contributed by atoms with Crippen molar-refractivity contribution in [3.63, 3.8) is 0 Å². The third-order valence-electron chi connectivity index (χ3n) is 2.43. The summed E-state index contributed by atoms with van der Waals surface area (Å²) in [5.41, 5.74) is 0.937. The molecule has 0 atom stereocenters. The highest BCUT2D eigenvalue weighted by Gasteiger charge is 2.09. The van der Waals surface area contributed by atoms with Gasteiger partial charge in [0.2, 0.25) is 10.0 Å². The van der Waals surface area contributed by atoms with Crippen molar-refractivity contribution in [2.24, 2.45) is 5.14 Å². The Morgan fingerprint density at radius 2 is 1.84 bits per heavy atom. The van der Waals surface area contributed by atoms with Gasteiger partial charge in [-0.2, -0.15) is 0 Å². The molecule has 8 heteroatoms. The second kappa shape index (κ2) is 7.09. The number of nitrogens with one attached hydrogen (secondary N) is 1. The van der Waals surface area contributed by atoms with E-state index in [2.05, 4.69) is 21.2 Å². The Labute approximate surface area is 121 Å². The van der Waals surface area contributed by atoms with Gasteiger partial charge in [-0.25, -0.2) is 13.6 Å². The first kappa shape index (κ1) is 16.2. The van der Waals surface area contributed by atoms with Gasteiger partial charge in [0.1, 0.15) is 0 Å². The predicted molar refractivity (Wildman–Crippen MR) is 76.9 cm³/mol. The maximum atomic E-state index is 10.8. The largest absolute Gasteiger partial charge is 0.493 e. The summed E-state index contributed by atoms with van der Waals surface area (Å²) in [6, 6.07) is 3.63. The number of primary sulfonamides is 1. The first-order valence-corrected chi connectivity index (χ1v) is 8.00. The Hall–Kier alpha value is -0.830. The highest BCUT2D eigenvalue weighted by Crippen LogP contribution is 2.33. The van der Waals surface area contributed by atoms with Crippen molar-refractivity contribution in [3.8, 4) is 11.5 Å². The molecule has 19 heavy (non-hydrogen) atoms. The second-order valence-electron chi connectivity index (χ2n) is 3.84. The van der Waals surface area contributed by atoms with Crippen LogP contribution >= 0.6 is 15.9 Å². The van der Waals surface area contributed by atoms with Gasteiger partial charge in [0.05, 0.1) is 20.0 Å². The van der Waals surface area contributed by atoms with E-state index in [0.29, 0.717) is 24.6 Å². The van der Waals surface area contributed by atoms with Crippen LogP contribution in [0.4, 0.5) is 0 Å². The van der Waals surface area contributed by atoms with Gasteiger partial charge in [-0.3, -0.25) is 0 Å². The zero-order chi connectivity index (χ0) is 14.5. The van der Waals surface area contributed by atoms with E-state index in [4.69, 9.17) is 14.6 Å². The Kier molecular flexibility index (Phi) is 6.05. The van der Waals surface area contributed by atoms with Crippen LogP contribution in [0.3, 0.4) is 0 Å². The van der Waals surface area contributed by atoms with Crippen LogP contribution in [0.25, 0.3) is 0 Å². The standard InChI is InChI=1S/C11H17BrN2O4S/c1-17-10-5-8(9(12)6-11(10)18-2)7-14-3-4-19(13,15)16/h5-6,14H,3-4,7H2,1-2H3,(H2,13,15,16). The SMILES string of the molecule is COc1cc(Br)c(CNCCS(N)(=O)=O)cc1OC. The average Bonchev–Trinajstić information content (AvgIpc) is 2.34. The van der Waals surface area contributed by atoms with Crippen LogP contribution in [0.15, 0.2) is 16.6 Å². The molecule has 0 unspecified atom stereocenters. The number of nitrogens with two attached hydrogens (primary N) is 1. The summed E-state index contributed by atoms with van der Waals surface area (Å²) < 4.78 is 32.8. The van der Waals surface area contributed by atoms with Crippen molar-refractivity contribution in [1.82, 2.24) is 5.32 Å². The molecule has 0 bridgehead atoms. The second-order valence-corrected chi connectivity index (χ2v) is 6.43. The molecule has 0 saturated heterocycles. The number of methoxy groups -OCH3 is 2. The number of ether oxygens (including phenoxy) is 2. The number of halogens is 1. The van der Waals surface area contributed by atoms with Crippen molar-refractivity contribution < 1.29 is 17.9 Å². The molecule has 1 aromatic carbocycles. The number of sulfonamides is 1. The first-order chi connectivity index (χ1) is 8.87. The molecule has 0 spiro atoms. The average molecular weight is 353 g/mol.